The number of benzene rings is 4. The highest BCUT2D eigenvalue weighted by atomic mass is 19.2. The molecule has 3 heterocycles. The maximum atomic E-state index is 14.6. The first-order chi connectivity index (χ1) is 27.3. The van der Waals surface area contributed by atoms with Crippen LogP contribution in [0, 0.1) is 11.6 Å². The molecule has 4 aromatic carbocycles. The van der Waals surface area contributed by atoms with Gasteiger partial charge in [-0.1, -0.05) is 43.3 Å². The molecule has 0 saturated heterocycles. The Morgan fingerprint density at radius 1 is 0.732 bits per heavy atom. The molecule has 1 aliphatic rings. The van der Waals surface area contributed by atoms with E-state index in [-0.39, 0.29) is 28.7 Å². The molecule has 0 N–H and O–H groups in total. The highest BCUT2D eigenvalue weighted by Gasteiger charge is 2.35. The van der Waals surface area contributed by atoms with Crippen LogP contribution >= 0.6 is 0 Å². The van der Waals surface area contributed by atoms with Crippen LogP contribution in [0.5, 0.6) is 23.0 Å². The normalized spacial score (nSPS) is 13.2. The van der Waals surface area contributed by atoms with Gasteiger partial charge >= 0.3 is 0 Å². The first-order valence-corrected chi connectivity index (χ1v) is 17.8. The Labute approximate surface area is 322 Å². The smallest absolute Gasteiger partial charge is 0.285 e. The number of amides is 1. The molecule has 1 amide bonds. The van der Waals surface area contributed by atoms with Crippen molar-refractivity contribution in [1.82, 2.24) is 15.0 Å². The number of aromatic nitrogens is 3. The van der Waals surface area contributed by atoms with Gasteiger partial charge in [0.25, 0.3) is 5.91 Å². The fourth-order valence-electron chi connectivity index (χ4n) is 6.12. The molecule has 56 heavy (non-hydrogen) atoms. The number of hydrogen-bond acceptors (Lipinski definition) is 9. The Balaban J connectivity index is 1.27. The molecule has 12 heteroatoms. The number of hydrogen-bond donors (Lipinski definition) is 0. The van der Waals surface area contributed by atoms with Gasteiger partial charge in [0.2, 0.25) is 11.7 Å². The lowest BCUT2D eigenvalue weighted by Gasteiger charge is -2.18. The van der Waals surface area contributed by atoms with Crippen LogP contribution in [0.4, 0.5) is 14.7 Å². The Bertz CT molecular complexity index is 2410. The second-order valence-electron chi connectivity index (χ2n) is 12.6. The van der Waals surface area contributed by atoms with Gasteiger partial charge in [0.05, 0.1) is 39.3 Å². The Morgan fingerprint density at radius 3 is 2.05 bits per heavy atom. The van der Waals surface area contributed by atoms with Crippen molar-refractivity contribution in [2.24, 2.45) is 4.99 Å². The fraction of sp³-hybridized carbons (Fsp3) is 0.159. The molecule has 0 spiro atoms. The van der Waals surface area contributed by atoms with Crippen molar-refractivity contribution in [2.75, 3.05) is 32.8 Å². The van der Waals surface area contributed by atoms with Crippen LogP contribution in [0.2, 0.25) is 0 Å². The van der Waals surface area contributed by atoms with Gasteiger partial charge in [-0.15, -0.1) is 0 Å². The van der Waals surface area contributed by atoms with E-state index >= 15 is 0 Å². The first kappa shape index (κ1) is 37.4. The number of anilines is 1. The maximum Gasteiger partial charge on any atom is 0.285 e. The lowest BCUT2D eigenvalue weighted by molar-refractivity contribution is -0.113. The molecule has 0 bridgehead atoms. The fourth-order valence-corrected chi connectivity index (χ4v) is 6.12. The van der Waals surface area contributed by atoms with Crippen LogP contribution in [0.1, 0.15) is 29.3 Å². The van der Waals surface area contributed by atoms with E-state index in [1.54, 1.807) is 24.3 Å². The zero-order valence-electron chi connectivity index (χ0n) is 31.1. The van der Waals surface area contributed by atoms with E-state index < -0.39 is 17.5 Å². The number of methoxy groups -OCH3 is 3. The van der Waals surface area contributed by atoms with Crippen LogP contribution in [0.15, 0.2) is 120 Å². The second kappa shape index (κ2) is 16.6. The summed E-state index contributed by atoms with van der Waals surface area (Å²) in [4.78, 5) is 34.6. The lowest BCUT2D eigenvalue weighted by Crippen LogP contribution is -2.34. The summed E-state index contributed by atoms with van der Waals surface area (Å²) in [5, 5.41) is 0. The number of halogens is 2. The van der Waals surface area contributed by atoms with Gasteiger partial charge < -0.3 is 18.9 Å². The van der Waals surface area contributed by atoms with Crippen LogP contribution in [-0.2, 0) is 17.6 Å². The van der Waals surface area contributed by atoms with Crippen LogP contribution < -0.4 is 23.8 Å². The van der Waals surface area contributed by atoms with Gasteiger partial charge in [-0.3, -0.25) is 9.78 Å². The molecule has 1 aliphatic heterocycles. The van der Waals surface area contributed by atoms with Gasteiger partial charge in [-0.05, 0) is 90.4 Å². The third-order valence-corrected chi connectivity index (χ3v) is 9.08. The highest BCUT2D eigenvalue weighted by molar-refractivity contribution is 6.32. The molecule has 282 valence electrons. The van der Waals surface area contributed by atoms with Crippen LogP contribution in [0.3, 0.4) is 0 Å². The number of carbonyl (C=O) groups is 1. The Morgan fingerprint density at radius 2 is 1.43 bits per heavy atom. The van der Waals surface area contributed by atoms with Gasteiger partial charge in [-0.2, -0.15) is 0 Å². The van der Waals surface area contributed by atoms with Crippen molar-refractivity contribution < 1.29 is 32.5 Å². The number of aliphatic imine (C=N–C) groups is 1. The summed E-state index contributed by atoms with van der Waals surface area (Å²) >= 11 is 0. The van der Waals surface area contributed by atoms with E-state index in [1.807, 2.05) is 66.9 Å². The summed E-state index contributed by atoms with van der Waals surface area (Å²) in [6, 6.07) is 29.1. The van der Waals surface area contributed by atoms with Crippen molar-refractivity contribution in [3.8, 4) is 45.5 Å². The van der Waals surface area contributed by atoms with Crippen molar-refractivity contribution in [3.63, 3.8) is 0 Å². The summed E-state index contributed by atoms with van der Waals surface area (Å²) in [5.41, 5.74) is 5.01. The second-order valence-corrected chi connectivity index (χ2v) is 12.6. The quantitative estimate of drug-likeness (QED) is 0.108. The van der Waals surface area contributed by atoms with E-state index in [0.717, 1.165) is 24.2 Å². The average Bonchev–Trinajstić information content (AvgIpc) is 3.56. The summed E-state index contributed by atoms with van der Waals surface area (Å²) in [7, 11) is 4.51. The van der Waals surface area contributed by atoms with Gasteiger partial charge in [0, 0.05) is 35.0 Å². The third kappa shape index (κ3) is 7.95. The zero-order valence-corrected chi connectivity index (χ0v) is 31.1. The number of pyridine rings is 1. The van der Waals surface area contributed by atoms with E-state index in [9.17, 15) is 13.6 Å². The molecule has 6 aromatic rings. The predicted molar refractivity (Wildman–Crippen MR) is 210 cm³/mol. The highest BCUT2D eigenvalue weighted by Crippen LogP contribution is 2.39. The predicted octanol–water partition coefficient (Wildman–Crippen LogP) is 8.53. The van der Waals surface area contributed by atoms with Gasteiger partial charge in [0.1, 0.15) is 11.4 Å². The van der Waals surface area contributed by atoms with E-state index in [4.69, 9.17) is 33.9 Å². The molecule has 0 unspecified atom stereocenters. The van der Waals surface area contributed by atoms with Crippen molar-refractivity contribution in [1.29, 1.82) is 0 Å². The minimum absolute atomic E-state index is 0.0231. The number of amidine groups is 1. The van der Waals surface area contributed by atoms with E-state index in [2.05, 4.69) is 18.0 Å². The molecule has 0 atom stereocenters. The lowest BCUT2D eigenvalue weighted by atomic mass is 10.1. The van der Waals surface area contributed by atoms with Crippen molar-refractivity contribution in [2.45, 2.75) is 19.8 Å². The third-order valence-electron chi connectivity index (χ3n) is 9.08. The molecule has 0 fully saturated rings. The molecule has 10 nitrogen and oxygen atoms in total. The maximum absolute atomic E-state index is 14.6. The summed E-state index contributed by atoms with van der Waals surface area (Å²) < 4.78 is 51.2. The number of aryl methyl sites for hydroxylation is 1. The molecule has 0 saturated carbocycles. The molecule has 2 aromatic heterocycles. The van der Waals surface area contributed by atoms with Crippen LogP contribution in [-0.4, -0.2) is 54.6 Å². The molecular formula is C44H37F2N5O5. The number of ether oxygens (including phenoxy) is 4. The number of rotatable bonds is 13. The topological polar surface area (TPSA) is 108 Å². The first-order valence-electron chi connectivity index (χ1n) is 17.8. The molecule has 7 rings (SSSR count). The molecular weight excluding hydrogens is 717 g/mol. The van der Waals surface area contributed by atoms with Gasteiger partial charge in [-0.25, -0.2) is 28.6 Å². The average molecular weight is 754 g/mol. The molecule has 0 aliphatic carbocycles. The zero-order chi connectivity index (χ0) is 39.2. The van der Waals surface area contributed by atoms with Gasteiger partial charge in [0.15, 0.2) is 29.0 Å². The van der Waals surface area contributed by atoms with Crippen molar-refractivity contribution in [3.05, 3.63) is 149 Å². The number of carbonyl (C=O) groups excluding carboxylic acids is 1. The Hall–Kier alpha value is -6.95. The molecule has 0 radical (unpaired) electrons. The summed E-state index contributed by atoms with van der Waals surface area (Å²) in [6.07, 6.45) is 5.05. The monoisotopic (exact) mass is 753 g/mol. The van der Waals surface area contributed by atoms with Crippen molar-refractivity contribution >= 4 is 23.8 Å². The van der Waals surface area contributed by atoms with E-state index in [1.165, 1.54) is 37.9 Å². The minimum Gasteiger partial charge on any atom is -0.493 e. The largest absolute Gasteiger partial charge is 0.493 e. The van der Waals surface area contributed by atoms with Crippen LogP contribution in [0.25, 0.3) is 28.6 Å². The number of nitrogens with zero attached hydrogens (tertiary/aromatic N) is 5. The Kier molecular flexibility index (Phi) is 11.1. The summed E-state index contributed by atoms with van der Waals surface area (Å²) in [6.45, 7) is 2.52. The summed E-state index contributed by atoms with van der Waals surface area (Å²) in [5.74, 6) is -0.475. The SMILES string of the molecule is CCc1ccc(CCOc2ccc(-c3cc(-c4ccc(F)c(F)c4)nc(N4C(=O)/C(=C\c5cc(OC)c(OC)c(OC)c5)N=C4c4ccccc4)n3)cc2)nc1. The standard InChI is InChI=1S/C44H37F2N5O5/c1-5-27-11-15-32(47-26-27)19-20-56-33-16-12-29(13-17-33)36-25-37(31-14-18-34(45)35(46)24-31)50-44(49-36)51-42(30-9-7-6-8-10-30)48-38(43(51)52)21-28-22-39(53-2)41(55-4)40(23-28)54-3/h6-18,21-26H,5,19-20H2,1-4H3/b38-21+. The van der Waals surface area contributed by atoms with E-state index in [0.29, 0.717) is 58.4 Å². The minimum atomic E-state index is -1.04.